The molecule has 0 saturated carbocycles. The van der Waals surface area contributed by atoms with Gasteiger partial charge in [-0.25, -0.2) is 20.0 Å². The van der Waals surface area contributed by atoms with Gasteiger partial charge in [-0.1, -0.05) is 116 Å². The largest absolute Gasteiger partial charge is 0.497 e. The van der Waals surface area contributed by atoms with Crippen LogP contribution in [-0.2, 0) is 6.61 Å². The molecule has 4 heterocycles. The Kier molecular flexibility index (Phi) is 39.0. The van der Waals surface area contributed by atoms with Gasteiger partial charge in [-0.2, -0.15) is 35.7 Å². The quantitative estimate of drug-likeness (QED) is 0.0106. The number of urea groups is 2. The van der Waals surface area contributed by atoms with Gasteiger partial charge in [0.2, 0.25) is 11.9 Å². The number of nitrogens with one attached hydrogen (secondary N) is 15. The van der Waals surface area contributed by atoms with E-state index in [1.165, 1.54) is 0 Å². The normalized spacial score (nSPS) is 11.6. The lowest BCUT2D eigenvalue weighted by Crippen LogP contribution is -2.26. The first-order valence-corrected chi connectivity index (χ1v) is 46.4. The van der Waals surface area contributed by atoms with Gasteiger partial charge in [0, 0.05) is 73.4 Å². The number of fused-ring (bicyclic) bond motifs is 4. The number of carbonyl (C=O) groups excluding carboxylic acids is 5. The van der Waals surface area contributed by atoms with Gasteiger partial charge in [0.15, 0.2) is 10.8 Å². The number of thiazole rings is 1. The monoisotopic (exact) mass is 2040 g/mol. The Morgan fingerprint density at radius 2 is 0.780 bits per heavy atom. The molecular formula is C106H115N33O10S. The number of nitrogens with two attached hydrogens (primary N) is 7. The van der Waals surface area contributed by atoms with Crippen LogP contribution in [-0.4, -0.2) is 146 Å². The van der Waals surface area contributed by atoms with E-state index in [4.69, 9.17) is 64.5 Å². The number of anilines is 8. The second kappa shape index (κ2) is 53.2. The molecule has 0 fully saturated rings. The minimum atomic E-state index is -0.428. The maximum atomic E-state index is 12.7. The van der Waals surface area contributed by atoms with Gasteiger partial charge >= 0.3 is 12.1 Å². The fourth-order valence-electron chi connectivity index (χ4n) is 13.6. The molecule has 7 amide bonds. The van der Waals surface area contributed by atoms with Crippen molar-refractivity contribution >= 4 is 193 Å². The number of H-pyrrole nitrogens is 3. The van der Waals surface area contributed by atoms with Crippen LogP contribution < -0.4 is 118 Å². The molecule has 0 bridgehead atoms. The number of aromatic nitrogens is 5. The third kappa shape index (κ3) is 32.6. The maximum Gasteiger partial charge on any atom is 0.323 e. The van der Waals surface area contributed by atoms with Crippen LogP contribution in [0, 0.1) is 5.41 Å². The molecule has 0 unspecified atom stereocenters. The molecule has 0 spiro atoms. The molecule has 0 saturated heterocycles. The molecule has 4 aromatic heterocycles. The van der Waals surface area contributed by atoms with Gasteiger partial charge in [0.25, 0.3) is 17.7 Å². The van der Waals surface area contributed by atoms with Gasteiger partial charge in [-0.15, -0.1) is 15.3 Å². The maximum absolute atomic E-state index is 12.7. The Morgan fingerprint density at radius 1 is 0.393 bits per heavy atom. The van der Waals surface area contributed by atoms with E-state index in [1.807, 2.05) is 162 Å². The van der Waals surface area contributed by atoms with E-state index in [0.29, 0.717) is 114 Å². The van der Waals surface area contributed by atoms with Crippen molar-refractivity contribution in [3.8, 4) is 23.0 Å². The number of methoxy groups -OCH3 is 4. The lowest BCUT2D eigenvalue weighted by molar-refractivity contribution is 0.101. The number of rotatable bonds is 32. The number of aliphatic hydroxyl groups is 1. The molecule has 43 nitrogen and oxygen atoms in total. The van der Waals surface area contributed by atoms with Crippen LogP contribution in [0.1, 0.15) is 131 Å². The number of nitrogens with zero attached hydrogens (tertiary/aromatic N) is 11. The number of hydrogen-bond acceptors (Lipinski definition) is 28. The number of carbonyl (C=O) groups is 5. The van der Waals surface area contributed by atoms with E-state index in [9.17, 15) is 29.1 Å². The topological polar surface area (TPSA) is 665 Å². The van der Waals surface area contributed by atoms with E-state index in [-0.39, 0.29) is 47.9 Å². The van der Waals surface area contributed by atoms with E-state index in [2.05, 4.69) is 150 Å². The highest BCUT2D eigenvalue weighted by atomic mass is 32.1. The zero-order valence-electron chi connectivity index (χ0n) is 84.0. The first-order valence-electron chi connectivity index (χ1n) is 45.6. The molecular weight excluding hydrogens is 1930 g/mol. The van der Waals surface area contributed by atoms with Crippen molar-refractivity contribution in [2.24, 2.45) is 86.0 Å². The average Bonchev–Trinajstić information content (AvgIpc) is 1.66. The summed E-state index contributed by atoms with van der Waals surface area (Å²) in [6.07, 6.45) is 1.69. The summed E-state index contributed by atoms with van der Waals surface area (Å²) in [4.78, 5) is 73.4. The molecule has 30 N–H and O–H groups in total. The smallest absolute Gasteiger partial charge is 0.323 e. The van der Waals surface area contributed by atoms with E-state index >= 15 is 0 Å². The predicted molar refractivity (Wildman–Crippen MR) is 603 cm³/mol. The number of hydrogen-bond donors (Lipinski definition) is 23. The summed E-state index contributed by atoms with van der Waals surface area (Å²) in [7, 11) is 6.37. The fourth-order valence-corrected chi connectivity index (χ4v) is 14.5. The minimum absolute atomic E-state index is 0.0722. The molecule has 0 aliphatic rings. The molecule has 150 heavy (non-hydrogen) atoms. The van der Waals surface area contributed by atoms with E-state index in [0.717, 1.165) is 110 Å². The summed E-state index contributed by atoms with van der Waals surface area (Å²) in [6, 6.07) is 71.7. The van der Waals surface area contributed by atoms with E-state index in [1.54, 1.807) is 182 Å². The molecule has 0 aliphatic heterocycles. The van der Waals surface area contributed by atoms with Crippen LogP contribution in [0.3, 0.4) is 0 Å². The number of ether oxygens (including phenoxy) is 4. The van der Waals surface area contributed by atoms with Crippen molar-refractivity contribution in [3.05, 3.63) is 342 Å². The number of benzene rings is 11. The van der Waals surface area contributed by atoms with Crippen molar-refractivity contribution in [1.82, 2.24) is 41.4 Å². The van der Waals surface area contributed by atoms with Gasteiger partial charge in [-0.05, 0) is 258 Å². The van der Waals surface area contributed by atoms with Crippen LogP contribution in [0.5, 0.6) is 23.0 Å². The molecule has 11 aromatic carbocycles. The van der Waals surface area contributed by atoms with Crippen LogP contribution in [0.25, 0.3) is 48.6 Å². The van der Waals surface area contributed by atoms with Gasteiger partial charge in [0.1, 0.15) is 52.0 Å². The Balaban J connectivity index is 0.000000179. The summed E-state index contributed by atoms with van der Waals surface area (Å²) in [6.45, 7) is 25.3. The van der Waals surface area contributed by atoms with Crippen molar-refractivity contribution in [2.45, 2.75) is 62.0 Å². The Morgan fingerprint density at radius 3 is 1.21 bits per heavy atom. The number of guanidine groups is 2. The highest BCUT2D eigenvalue weighted by Crippen LogP contribution is 2.34. The molecule has 15 rings (SSSR count). The number of hydrazone groups is 3. The number of amides is 7. The van der Waals surface area contributed by atoms with Gasteiger partial charge < -0.3 is 117 Å². The second-order valence-corrected chi connectivity index (χ2v) is 33.7. The average molecular weight is 2040 g/mol. The molecule has 44 heteroatoms. The summed E-state index contributed by atoms with van der Waals surface area (Å²) in [5.74, 6) is 2.93. The lowest BCUT2D eigenvalue weighted by Gasteiger charge is -2.11. The fraction of sp³-hybridized carbons (Fsp3) is 0.123. The number of aromatic amines is 3. The van der Waals surface area contributed by atoms with Gasteiger partial charge in [-0.3, -0.25) is 35.7 Å². The van der Waals surface area contributed by atoms with Crippen LogP contribution >= 0.6 is 11.3 Å². The van der Waals surface area contributed by atoms with E-state index < -0.39 is 12.1 Å². The van der Waals surface area contributed by atoms with Crippen LogP contribution in [0.2, 0.25) is 0 Å². The number of amidine groups is 2. The molecule has 15 aromatic rings. The summed E-state index contributed by atoms with van der Waals surface area (Å²) in [5, 5.41) is 85.0. The molecule has 0 atom stereocenters. The van der Waals surface area contributed by atoms with Crippen LogP contribution in [0.4, 0.5) is 54.5 Å². The molecule has 0 radical (unpaired) electrons. The van der Waals surface area contributed by atoms with Crippen molar-refractivity contribution < 1.29 is 48.0 Å². The predicted octanol–water partition coefficient (Wildman–Crippen LogP) is 16.4. The van der Waals surface area contributed by atoms with Crippen LogP contribution in [0.15, 0.2) is 326 Å². The zero-order valence-corrected chi connectivity index (χ0v) is 84.8. The second-order valence-electron chi connectivity index (χ2n) is 32.7. The molecule has 770 valence electrons. The zero-order chi connectivity index (χ0) is 108. The standard InChI is InChI=1S/C27H31N11O2.C21H23N5O3.C20H21N5O2.C19H20N6O2.C19H20N6OS/c1-16(35-37-18(3)28)19-4-8-21(9-5-19)31-26(39)33-23-12-14-24(15-13-23)34-27(40)32-22-10-6-20(7-11-22)17(2)36-38-25(29)30;1-12(25-26-13(2)22)15-4-6-16(7-5-15)23-21(28)19-10-17-18(24-19)8-14(11-27)9-20(17)29-3;1-12(24-25-13(2)21)14-4-6-15(7-5-14)23-20(26)18-11-22-19-9-8-16(27-3)10-17(18)19;1-11(22-23-12(2)20)13-4-6-14(7-5-13)21-19(26)18-16-10-15(27-3)8-9-17(16)24-25-18;1-11(13-4-6-14(7-5-13)12(2)24-25-18(20)21)22-19-23-16-9-8-15(26-3)10-17(16)27-19/h4-15,37H,3,28H2,1-2H3,(H4,29,30,38)(H2,31,33,39)(H2,32,34,40);4-10,24,26-27H,2,11,22H2,1,3H3,(H,23,28);4-11,22H,1-3H3,(H2,21,25)(H,23,26);4-10H,1-3H3,(H2,20,23)(H,21,26)(H,24,25);4-10H,1H2,2-3H3,(H,22,23)(H4,20,21,25)/b35-16+,36-17+;25-12+;24-12+;22-11+;24-12+. The molecule has 0 aliphatic carbocycles. The first-order chi connectivity index (χ1) is 71.9. The first kappa shape index (κ1) is 110. The Bertz CT molecular complexity index is 7420. The van der Waals surface area contributed by atoms with Gasteiger partial charge in [0.05, 0.1) is 96.1 Å². The Labute approximate surface area is 866 Å². The lowest BCUT2D eigenvalue weighted by atomic mass is 10.1. The highest BCUT2D eigenvalue weighted by Gasteiger charge is 2.21. The van der Waals surface area contributed by atoms with Crippen molar-refractivity contribution in [1.29, 1.82) is 5.41 Å². The van der Waals surface area contributed by atoms with Crippen molar-refractivity contribution in [3.63, 3.8) is 0 Å². The third-order valence-electron chi connectivity index (χ3n) is 21.3. The third-order valence-corrected chi connectivity index (χ3v) is 22.3. The summed E-state index contributed by atoms with van der Waals surface area (Å²) < 4.78 is 22.1. The summed E-state index contributed by atoms with van der Waals surface area (Å²) in [5.41, 5.74) is 65.9. The highest BCUT2D eigenvalue weighted by molar-refractivity contribution is 7.22. The Hall–Kier alpha value is -20.3. The van der Waals surface area contributed by atoms with Crippen molar-refractivity contribution in [2.75, 3.05) is 71.0 Å². The number of aliphatic hydroxyl groups excluding tert-OH is 1. The SMILES string of the molecule is C=C(N)N/N=C(\C)c1ccc(NC(=O)Nc2ccc(NC(=O)Nc3ccc(/C(C)=N/NC(=N)N)cc3)cc2)cc1.C=C(N)N/N=C(\C)c1ccc(NC(=O)c2cc3c(OC)cc(CO)cc3[nH]2)cc1.C=C(Nc1nc2ccc(OC)cc2s1)c1ccc(/C(C)=N/N=C(N)N)cc1.COc1ccc2[nH]cc(C(=O)Nc3ccc(/C(C)=N/N=C(C)N)cc3)c2c1.COc1ccc2[nH]nc(C(=O)Nc3ccc(/C(C)=N/N=C(C)N)cc3)c2c1. The summed E-state index contributed by atoms with van der Waals surface area (Å²) >= 11 is 1.55. The minimum Gasteiger partial charge on any atom is -0.497 e.